The van der Waals surface area contributed by atoms with Gasteiger partial charge in [0.1, 0.15) is 0 Å². The van der Waals surface area contributed by atoms with Crippen molar-refractivity contribution in [2.24, 2.45) is 0 Å². The van der Waals surface area contributed by atoms with Crippen LogP contribution in [0.3, 0.4) is 0 Å². The average molecular weight is 281 g/mol. The first-order valence-corrected chi connectivity index (χ1v) is 6.68. The van der Waals surface area contributed by atoms with Crippen LogP contribution in [0.4, 0.5) is 0 Å². The van der Waals surface area contributed by atoms with Crippen molar-refractivity contribution in [2.75, 3.05) is 26.7 Å². The van der Waals surface area contributed by atoms with Gasteiger partial charge in [0.2, 0.25) is 0 Å². The van der Waals surface area contributed by atoms with E-state index in [-0.39, 0.29) is 30.5 Å². The maximum Gasteiger partial charge on any atom is 0.307 e. The summed E-state index contributed by atoms with van der Waals surface area (Å²) in [5.74, 6) is -0.683. The lowest BCUT2D eigenvalue weighted by Gasteiger charge is -2.22. The molecule has 1 amide bonds. The van der Waals surface area contributed by atoms with Crippen molar-refractivity contribution in [1.29, 1.82) is 0 Å². The Morgan fingerprint density at radius 2 is 2.25 bits per heavy atom. The zero-order valence-corrected chi connectivity index (χ0v) is 11.5. The van der Waals surface area contributed by atoms with E-state index < -0.39 is 0 Å². The van der Waals surface area contributed by atoms with Gasteiger partial charge in [-0.15, -0.1) is 5.10 Å². The van der Waals surface area contributed by atoms with Crippen LogP contribution >= 0.6 is 0 Å². The highest BCUT2D eigenvalue weighted by Crippen LogP contribution is 2.16. The Labute approximate surface area is 116 Å². The number of methoxy groups -OCH3 is 1. The number of amides is 1. The number of esters is 1. The molecule has 1 saturated heterocycles. The minimum absolute atomic E-state index is 0.144. The highest BCUT2D eigenvalue weighted by Gasteiger charge is 2.18. The number of carbonyl (C=O) groups is 2. The molecule has 0 radical (unpaired) electrons. The summed E-state index contributed by atoms with van der Waals surface area (Å²) in [4.78, 5) is 22.7. The van der Waals surface area contributed by atoms with E-state index in [0.717, 1.165) is 25.9 Å². The van der Waals surface area contributed by atoms with E-state index >= 15 is 0 Å². The molecule has 20 heavy (non-hydrogen) atoms. The van der Waals surface area contributed by atoms with Gasteiger partial charge < -0.3 is 15.4 Å². The zero-order chi connectivity index (χ0) is 14.4. The van der Waals surface area contributed by atoms with E-state index in [0.29, 0.717) is 6.04 Å². The first-order valence-electron chi connectivity index (χ1n) is 6.68. The molecule has 1 aromatic heterocycles. The fraction of sp³-hybridized carbons (Fsp3) is 0.667. The monoisotopic (exact) mass is 281 g/mol. The lowest BCUT2D eigenvalue weighted by molar-refractivity contribution is -0.140. The first kappa shape index (κ1) is 14.4. The maximum atomic E-state index is 11.8. The Bertz CT molecular complexity index is 467. The molecule has 0 spiro atoms. The Morgan fingerprint density at radius 3 is 2.95 bits per heavy atom. The molecule has 0 bridgehead atoms. The van der Waals surface area contributed by atoms with Crippen LogP contribution in [0.25, 0.3) is 0 Å². The maximum absolute atomic E-state index is 11.8. The quantitative estimate of drug-likeness (QED) is 0.706. The molecule has 2 heterocycles. The minimum Gasteiger partial charge on any atom is -0.469 e. The Balaban J connectivity index is 1.84. The second-order valence-corrected chi connectivity index (χ2v) is 4.65. The fourth-order valence-corrected chi connectivity index (χ4v) is 2.10. The number of ether oxygens (including phenoxy) is 1. The van der Waals surface area contributed by atoms with Crippen LogP contribution in [0.1, 0.15) is 35.8 Å². The number of carbonyl (C=O) groups excluding carboxylic acids is 2. The highest BCUT2D eigenvalue weighted by atomic mass is 16.5. The number of hydrogen-bond donors (Lipinski definition) is 2. The van der Waals surface area contributed by atoms with Crippen molar-refractivity contribution in [3.63, 3.8) is 0 Å². The van der Waals surface area contributed by atoms with Crippen LogP contribution in [-0.2, 0) is 9.53 Å². The molecule has 0 unspecified atom stereocenters. The SMILES string of the molecule is COC(=O)CCNC(=O)c1cn(C2CCNCC2)nn1. The van der Waals surface area contributed by atoms with Gasteiger partial charge in [0.05, 0.1) is 25.8 Å². The normalized spacial score (nSPS) is 15.8. The van der Waals surface area contributed by atoms with Crippen LogP contribution < -0.4 is 10.6 Å². The molecule has 8 nitrogen and oxygen atoms in total. The third-order valence-electron chi connectivity index (χ3n) is 3.27. The molecule has 2 rings (SSSR count). The van der Waals surface area contributed by atoms with Crippen LogP contribution in [0, 0.1) is 0 Å². The summed E-state index contributed by atoms with van der Waals surface area (Å²) in [6.45, 7) is 2.13. The summed E-state index contributed by atoms with van der Waals surface area (Å²) >= 11 is 0. The van der Waals surface area contributed by atoms with Gasteiger partial charge >= 0.3 is 5.97 Å². The van der Waals surface area contributed by atoms with E-state index in [1.54, 1.807) is 10.9 Å². The highest BCUT2D eigenvalue weighted by molar-refractivity contribution is 5.92. The second kappa shape index (κ2) is 6.99. The molecule has 2 N–H and O–H groups in total. The smallest absolute Gasteiger partial charge is 0.307 e. The summed E-state index contributed by atoms with van der Waals surface area (Å²) in [5.41, 5.74) is 0.272. The van der Waals surface area contributed by atoms with Crippen molar-refractivity contribution in [1.82, 2.24) is 25.6 Å². The molecule has 8 heteroatoms. The molecule has 0 aliphatic carbocycles. The lowest BCUT2D eigenvalue weighted by atomic mass is 10.1. The Morgan fingerprint density at radius 1 is 1.50 bits per heavy atom. The number of aromatic nitrogens is 3. The fourth-order valence-electron chi connectivity index (χ4n) is 2.10. The summed E-state index contributed by atoms with van der Waals surface area (Å²) < 4.78 is 6.24. The lowest BCUT2D eigenvalue weighted by Crippen LogP contribution is -2.29. The second-order valence-electron chi connectivity index (χ2n) is 4.65. The van der Waals surface area contributed by atoms with Crippen molar-refractivity contribution in [3.05, 3.63) is 11.9 Å². The third-order valence-corrected chi connectivity index (χ3v) is 3.27. The molecule has 1 aliphatic rings. The molecular formula is C12H19N5O3. The topological polar surface area (TPSA) is 98.1 Å². The summed E-state index contributed by atoms with van der Waals surface area (Å²) in [7, 11) is 1.31. The molecule has 0 aromatic carbocycles. The first-order chi connectivity index (χ1) is 9.70. The van der Waals surface area contributed by atoms with Crippen molar-refractivity contribution >= 4 is 11.9 Å². The van der Waals surface area contributed by atoms with Crippen molar-refractivity contribution < 1.29 is 14.3 Å². The van der Waals surface area contributed by atoms with Gasteiger partial charge in [0.15, 0.2) is 5.69 Å². The number of hydrogen-bond acceptors (Lipinski definition) is 6. The predicted molar refractivity (Wildman–Crippen MR) is 70.1 cm³/mol. The standard InChI is InChI=1S/C12H19N5O3/c1-20-11(18)4-7-14-12(19)10-8-17(16-15-10)9-2-5-13-6-3-9/h8-9,13H,2-7H2,1H3,(H,14,19). The Kier molecular flexibility index (Phi) is 5.05. The molecule has 1 aromatic rings. The van der Waals surface area contributed by atoms with Crippen molar-refractivity contribution in [2.45, 2.75) is 25.3 Å². The number of nitrogens with zero attached hydrogens (tertiary/aromatic N) is 3. The van der Waals surface area contributed by atoms with E-state index in [4.69, 9.17) is 0 Å². The molecular weight excluding hydrogens is 262 g/mol. The Hall–Kier alpha value is -1.96. The van der Waals surface area contributed by atoms with Gasteiger partial charge in [0.25, 0.3) is 5.91 Å². The third kappa shape index (κ3) is 3.77. The van der Waals surface area contributed by atoms with Crippen LogP contribution in [0.5, 0.6) is 0 Å². The summed E-state index contributed by atoms with van der Waals surface area (Å²) in [5, 5.41) is 13.8. The summed E-state index contributed by atoms with van der Waals surface area (Å²) in [6, 6.07) is 0.292. The molecule has 0 saturated carbocycles. The molecule has 110 valence electrons. The zero-order valence-electron chi connectivity index (χ0n) is 11.5. The van der Waals surface area contributed by atoms with E-state index in [1.807, 2.05) is 0 Å². The minimum atomic E-state index is -0.358. The molecule has 0 atom stereocenters. The van der Waals surface area contributed by atoms with E-state index in [2.05, 4.69) is 25.7 Å². The summed E-state index contributed by atoms with van der Waals surface area (Å²) in [6.07, 6.45) is 3.76. The van der Waals surface area contributed by atoms with Gasteiger partial charge in [-0.2, -0.15) is 0 Å². The van der Waals surface area contributed by atoms with Gasteiger partial charge in [-0.25, -0.2) is 4.68 Å². The van der Waals surface area contributed by atoms with Crippen molar-refractivity contribution in [3.8, 4) is 0 Å². The van der Waals surface area contributed by atoms with Gasteiger partial charge in [-0.05, 0) is 25.9 Å². The predicted octanol–water partition coefficient (Wildman–Crippen LogP) is -0.504. The molecule has 1 fully saturated rings. The van der Waals surface area contributed by atoms with Gasteiger partial charge in [0, 0.05) is 6.54 Å². The van der Waals surface area contributed by atoms with Crippen LogP contribution in [0.2, 0.25) is 0 Å². The molecule has 1 aliphatic heterocycles. The van der Waals surface area contributed by atoms with Crippen LogP contribution in [-0.4, -0.2) is 53.6 Å². The van der Waals surface area contributed by atoms with Gasteiger partial charge in [-0.1, -0.05) is 5.21 Å². The number of piperidine rings is 1. The average Bonchev–Trinajstić information content (AvgIpc) is 2.97. The van der Waals surface area contributed by atoms with Crippen LogP contribution in [0.15, 0.2) is 6.20 Å². The van der Waals surface area contributed by atoms with Gasteiger partial charge in [-0.3, -0.25) is 9.59 Å². The number of rotatable bonds is 5. The van der Waals surface area contributed by atoms with E-state index in [1.165, 1.54) is 7.11 Å². The number of nitrogens with one attached hydrogen (secondary N) is 2. The van der Waals surface area contributed by atoms with E-state index in [9.17, 15) is 9.59 Å². The largest absolute Gasteiger partial charge is 0.469 e.